The molecule has 0 radical (unpaired) electrons. The van der Waals surface area contributed by atoms with Gasteiger partial charge in [0.25, 0.3) is 5.91 Å². The van der Waals surface area contributed by atoms with Crippen molar-refractivity contribution >= 4 is 5.91 Å². The van der Waals surface area contributed by atoms with Gasteiger partial charge in [-0.3, -0.25) is 4.79 Å². The SMILES string of the molecule is CC(C)(CN1CCCCCC1)NC(=O)c1n[nH]nc1-c1ccccc1. The minimum atomic E-state index is -0.325. The summed E-state index contributed by atoms with van der Waals surface area (Å²) in [6.07, 6.45) is 5.10. The number of likely N-dealkylation sites (tertiary alicyclic amines) is 1. The highest BCUT2D eigenvalue weighted by Crippen LogP contribution is 2.20. The Morgan fingerprint density at radius 3 is 2.48 bits per heavy atom. The van der Waals surface area contributed by atoms with E-state index in [-0.39, 0.29) is 11.4 Å². The van der Waals surface area contributed by atoms with E-state index >= 15 is 0 Å². The summed E-state index contributed by atoms with van der Waals surface area (Å²) in [6, 6.07) is 9.64. The Morgan fingerprint density at radius 1 is 1.12 bits per heavy atom. The molecule has 1 fully saturated rings. The average molecular weight is 341 g/mol. The van der Waals surface area contributed by atoms with Gasteiger partial charge < -0.3 is 10.2 Å². The largest absolute Gasteiger partial charge is 0.344 e. The highest BCUT2D eigenvalue weighted by atomic mass is 16.2. The fourth-order valence-corrected chi connectivity index (χ4v) is 3.45. The monoisotopic (exact) mass is 341 g/mol. The number of benzene rings is 1. The van der Waals surface area contributed by atoms with Crippen LogP contribution in [0.2, 0.25) is 0 Å². The summed E-state index contributed by atoms with van der Waals surface area (Å²) in [6.45, 7) is 7.20. The number of rotatable bonds is 5. The smallest absolute Gasteiger partial charge is 0.274 e. The minimum absolute atomic E-state index is 0.188. The van der Waals surface area contributed by atoms with Crippen molar-refractivity contribution in [2.45, 2.75) is 45.1 Å². The number of aromatic nitrogens is 3. The van der Waals surface area contributed by atoms with Crippen molar-refractivity contribution in [2.75, 3.05) is 19.6 Å². The van der Waals surface area contributed by atoms with Gasteiger partial charge in [-0.1, -0.05) is 43.2 Å². The van der Waals surface area contributed by atoms with Gasteiger partial charge in [0.1, 0.15) is 5.69 Å². The fourth-order valence-electron chi connectivity index (χ4n) is 3.45. The molecule has 0 unspecified atom stereocenters. The van der Waals surface area contributed by atoms with Crippen molar-refractivity contribution in [3.8, 4) is 11.3 Å². The van der Waals surface area contributed by atoms with E-state index in [1.165, 1.54) is 25.7 Å². The maximum absolute atomic E-state index is 12.8. The van der Waals surface area contributed by atoms with Gasteiger partial charge in [0, 0.05) is 17.6 Å². The highest BCUT2D eigenvalue weighted by molar-refractivity contribution is 5.98. The first-order valence-corrected chi connectivity index (χ1v) is 9.06. The molecule has 1 aliphatic rings. The quantitative estimate of drug-likeness (QED) is 0.877. The lowest BCUT2D eigenvalue weighted by Gasteiger charge is -2.32. The van der Waals surface area contributed by atoms with Crippen LogP contribution >= 0.6 is 0 Å². The molecule has 6 nitrogen and oxygen atoms in total. The third-order valence-corrected chi connectivity index (χ3v) is 4.58. The summed E-state index contributed by atoms with van der Waals surface area (Å²) < 4.78 is 0. The lowest BCUT2D eigenvalue weighted by atomic mass is 10.0. The molecule has 1 aromatic heterocycles. The average Bonchev–Trinajstić information content (AvgIpc) is 2.95. The van der Waals surface area contributed by atoms with Crippen molar-refractivity contribution in [2.24, 2.45) is 0 Å². The predicted octanol–water partition coefficient (Wildman–Crippen LogP) is 2.86. The number of amides is 1. The van der Waals surface area contributed by atoms with Crippen molar-refractivity contribution in [1.82, 2.24) is 25.6 Å². The van der Waals surface area contributed by atoms with E-state index in [0.29, 0.717) is 11.4 Å². The van der Waals surface area contributed by atoms with E-state index in [4.69, 9.17) is 0 Å². The molecule has 0 atom stereocenters. The van der Waals surface area contributed by atoms with Crippen LogP contribution in [0.5, 0.6) is 0 Å². The van der Waals surface area contributed by atoms with Crippen LogP contribution in [0.3, 0.4) is 0 Å². The van der Waals surface area contributed by atoms with E-state index in [1.807, 2.05) is 30.3 Å². The van der Waals surface area contributed by atoms with Crippen LogP contribution in [0.25, 0.3) is 11.3 Å². The molecule has 0 aliphatic carbocycles. The van der Waals surface area contributed by atoms with Crippen LogP contribution in [0.4, 0.5) is 0 Å². The van der Waals surface area contributed by atoms with Crippen molar-refractivity contribution in [3.05, 3.63) is 36.0 Å². The standard InChI is InChI=1S/C19H27N5O/c1-19(2,14-24-12-8-3-4-9-13-24)20-18(25)17-16(21-23-22-17)15-10-6-5-7-11-15/h5-7,10-11H,3-4,8-9,12-14H2,1-2H3,(H,20,25)(H,21,22,23). The molecule has 2 aromatic rings. The lowest BCUT2D eigenvalue weighted by Crippen LogP contribution is -2.51. The molecule has 0 saturated carbocycles. The van der Waals surface area contributed by atoms with Crippen molar-refractivity contribution in [1.29, 1.82) is 0 Å². The molecule has 2 N–H and O–H groups in total. The molecule has 3 rings (SSSR count). The maximum Gasteiger partial charge on any atom is 0.274 e. The Balaban J connectivity index is 1.68. The molecule has 0 spiro atoms. The number of carbonyl (C=O) groups excluding carboxylic acids is 1. The molecule has 134 valence electrons. The number of hydrogen-bond donors (Lipinski definition) is 2. The predicted molar refractivity (Wildman–Crippen MR) is 98.3 cm³/mol. The zero-order valence-corrected chi connectivity index (χ0v) is 15.1. The number of aromatic amines is 1. The van der Waals surface area contributed by atoms with Crippen LogP contribution < -0.4 is 5.32 Å². The molecule has 6 heteroatoms. The van der Waals surface area contributed by atoms with Crippen LogP contribution in [0, 0.1) is 0 Å². The van der Waals surface area contributed by atoms with Gasteiger partial charge in [-0.25, -0.2) is 0 Å². The minimum Gasteiger partial charge on any atom is -0.344 e. The van der Waals surface area contributed by atoms with Crippen molar-refractivity contribution in [3.63, 3.8) is 0 Å². The van der Waals surface area contributed by atoms with Gasteiger partial charge in [0.2, 0.25) is 0 Å². The van der Waals surface area contributed by atoms with Crippen LogP contribution in [-0.2, 0) is 0 Å². The second-order valence-corrected chi connectivity index (χ2v) is 7.42. The molecule has 0 bridgehead atoms. The zero-order valence-electron chi connectivity index (χ0n) is 15.1. The molecule has 1 amide bonds. The van der Waals surface area contributed by atoms with Gasteiger partial charge in [0.15, 0.2) is 5.69 Å². The fraction of sp³-hybridized carbons (Fsp3) is 0.526. The Bertz CT molecular complexity index is 687. The Kier molecular flexibility index (Phi) is 5.48. The zero-order chi connectivity index (χ0) is 17.7. The van der Waals surface area contributed by atoms with E-state index in [2.05, 4.69) is 39.5 Å². The molecule has 25 heavy (non-hydrogen) atoms. The van der Waals surface area contributed by atoms with Gasteiger partial charge in [-0.2, -0.15) is 15.4 Å². The number of H-pyrrole nitrogens is 1. The molecule has 1 saturated heterocycles. The topological polar surface area (TPSA) is 73.9 Å². The Hall–Kier alpha value is -2.21. The molecule has 1 aromatic carbocycles. The number of nitrogens with zero attached hydrogens (tertiary/aromatic N) is 3. The van der Waals surface area contributed by atoms with E-state index in [0.717, 1.165) is 25.2 Å². The van der Waals surface area contributed by atoms with E-state index in [9.17, 15) is 4.79 Å². The third kappa shape index (κ3) is 4.66. The number of nitrogens with one attached hydrogen (secondary N) is 2. The van der Waals surface area contributed by atoms with Crippen LogP contribution in [0.1, 0.15) is 50.0 Å². The summed E-state index contributed by atoms with van der Waals surface area (Å²) in [7, 11) is 0. The normalized spacial score (nSPS) is 16.4. The van der Waals surface area contributed by atoms with E-state index < -0.39 is 0 Å². The first kappa shape index (κ1) is 17.6. The first-order valence-electron chi connectivity index (χ1n) is 9.06. The first-order chi connectivity index (χ1) is 12.1. The highest BCUT2D eigenvalue weighted by Gasteiger charge is 2.27. The molecular weight excluding hydrogens is 314 g/mol. The van der Waals surface area contributed by atoms with Gasteiger partial charge in [-0.15, -0.1) is 0 Å². The summed E-state index contributed by atoms with van der Waals surface area (Å²) >= 11 is 0. The molecule has 1 aliphatic heterocycles. The van der Waals surface area contributed by atoms with Crippen LogP contribution in [-0.4, -0.2) is 51.4 Å². The second-order valence-electron chi connectivity index (χ2n) is 7.42. The van der Waals surface area contributed by atoms with Gasteiger partial charge in [0.05, 0.1) is 0 Å². The van der Waals surface area contributed by atoms with E-state index in [1.54, 1.807) is 0 Å². The summed E-state index contributed by atoms with van der Waals surface area (Å²) in [5, 5.41) is 14.0. The lowest BCUT2D eigenvalue weighted by molar-refractivity contribution is 0.0883. The van der Waals surface area contributed by atoms with Gasteiger partial charge >= 0.3 is 0 Å². The summed E-state index contributed by atoms with van der Waals surface area (Å²) in [5.41, 5.74) is 1.49. The molecule has 2 heterocycles. The van der Waals surface area contributed by atoms with Crippen molar-refractivity contribution < 1.29 is 4.79 Å². The third-order valence-electron chi connectivity index (χ3n) is 4.58. The summed E-state index contributed by atoms with van der Waals surface area (Å²) in [4.78, 5) is 15.2. The second kappa shape index (κ2) is 7.78. The van der Waals surface area contributed by atoms with Gasteiger partial charge in [-0.05, 0) is 39.8 Å². The van der Waals surface area contributed by atoms with Crippen LogP contribution in [0.15, 0.2) is 30.3 Å². The summed E-state index contributed by atoms with van der Waals surface area (Å²) in [5.74, 6) is -0.188. The maximum atomic E-state index is 12.8. The Labute approximate surface area is 149 Å². The number of carbonyl (C=O) groups is 1. The number of hydrogen-bond acceptors (Lipinski definition) is 4. The Morgan fingerprint density at radius 2 is 1.80 bits per heavy atom. The molecular formula is C19H27N5O.